The second kappa shape index (κ2) is 10.7. The molecule has 0 aliphatic carbocycles. The van der Waals surface area contributed by atoms with Crippen LogP contribution >= 0.6 is 11.3 Å². The Kier molecular flexibility index (Phi) is 8.37. The van der Waals surface area contributed by atoms with Crippen LogP contribution in [0.1, 0.15) is 46.6 Å². The van der Waals surface area contributed by atoms with Crippen molar-refractivity contribution in [3.63, 3.8) is 0 Å². The lowest BCUT2D eigenvalue weighted by Gasteiger charge is -2.16. The number of carboxylic acids is 1. The molecule has 7 N–H and O–H groups in total. The van der Waals surface area contributed by atoms with Gasteiger partial charge in [-0.15, -0.1) is 11.3 Å². The highest BCUT2D eigenvalue weighted by molar-refractivity contribution is 7.16. The molecule has 2 rings (SSSR count). The Morgan fingerprint density at radius 2 is 1.70 bits per heavy atom. The lowest BCUT2D eigenvalue weighted by molar-refractivity contribution is -0.140. The van der Waals surface area contributed by atoms with Gasteiger partial charge in [-0.1, -0.05) is 38.1 Å². The summed E-state index contributed by atoms with van der Waals surface area (Å²) < 4.78 is 0. The van der Waals surface area contributed by atoms with Crippen LogP contribution in [0.5, 0.6) is 0 Å². The predicted molar refractivity (Wildman–Crippen MR) is 118 cm³/mol. The van der Waals surface area contributed by atoms with Crippen molar-refractivity contribution in [1.29, 1.82) is 0 Å². The first-order chi connectivity index (χ1) is 14.2. The van der Waals surface area contributed by atoms with Crippen LogP contribution in [-0.2, 0) is 24.2 Å². The lowest BCUT2D eigenvalue weighted by Crippen LogP contribution is -2.37. The zero-order valence-corrected chi connectivity index (χ0v) is 17.9. The molecule has 0 saturated heterocycles. The maximum atomic E-state index is 11.5. The van der Waals surface area contributed by atoms with E-state index in [-0.39, 0.29) is 5.56 Å². The number of aliphatic carboxylic acids is 1. The molecule has 1 aromatic heterocycles. The molecular formula is C21H28N4O4S. The van der Waals surface area contributed by atoms with Crippen LogP contribution in [0.3, 0.4) is 0 Å². The van der Waals surface area contributed by atoms with Gasteiger partial charge in [0, 0.05) is 11.4 Å². The van der Waals surface area contributed by atoms with Crippen LogP contribution < -0.4 is 22.1 Å². The van der Waals surface area contributed by atoms with Gasteiger partial charge in [0.25, 0.3) is 5.91 Å². The molecule has 0 saturated carbocycles. The Bertz CT molecular complexity index is 893. The number of carboxylic acid groups (broad SMARTS) is 1. The lowest BCUT2D eigenvalue weighted by atomic mass is 10.0. The second-order valence-electron chi connectivity index (χ2n) is 7.53. The topological polar surface area (TPSA) is 148 Å². The first kappa shape index (κ1) is 23.4. The molecule has 0 fully saturated rings. The van der Waals surface area contributed by atoms with E-state index >= 15 is 0 Å². The largest absolute Gasteiger partial charge is 0.480 e. The smallest absolute Gasteiger partial charge is 0.320 e. The standard InChI is InChI=1S/C21H28N4O4S/c1-12(2)9-17(20(27)28)24-11-14-5-3-13(4-6-14)7-8-15-10-16(18(22)26)19(30-15)25-21(23)29/h3-6,10,12,17,24H,7-9,11H2,1-2H3,(H2,22,26)(H,27,28)(H3,23,25,29)/t17-/m0/s1. The average molecular weight is 433 g/mol. The molecule has 1 heterocycles. The van der Waals surface area contributed by atoms with Crippen LogP contribution in [0, 0.1) is 5.92 Å². The van der Waals surface area contributed by atoms with Crippen molar-refractivity contribution in [3.8, 4) is 0 Å². The average Bonchev–Trinajstić information content (AvgIpc) is 3.06. The molecule has 162 valence electrons. The molecule has 2 aromatic rings. The summed E-state index contributed by atoms with van der Waals surface area (Å²) in [5, 5.41) is 15.2. The third-order valence-corrected chi connectivity index (χ3v) is 5.64. The number of carbonyl (C=O) groups is 3. The van der Waals surface area contributed by atoms with Crippen molar-refractivity contribution in [2.24, 2.45) is 17.4 Å². The van der Waals surface area contributed by atoms with Crippen molar-refractivity contribution >= 4 is 34.2 Å². The van der Waals surface area contributed by atoms with Gasteiger partial charge in [-0.3, -0.25) is 14.9 Å². The Labute approximate surface area is 179 Å². The first-order valence-electron chi connectivity index (χ1n) is 9.68. The molecule has 30 heavy (non-hydrogen) atoms. The fourth-order valence-corrected chi connectivity index (χ4v) is 4.09. The Balaban J connectivity index is 1.94. The van der Waals surface area contributed by atoms with Gasteiger partial charge >= 0.3 is 12.0 Å². The fraction of sp³-hybridized carbons (Fsp3) is 0.381. The number of carbonyl (C=O) groups excluding carboxylic acids is 2. The maximum absolute atomic E-state index is 11.5. The number of benzene rings is 1. The fourth-order valence-electron chi connectivity index (χ4n) is 3.03. The first-order valence-corrected chi connectivity index (χ1v) is 10.5. The van der Waals surface area contributed by atoms with E-state index in [1.807, 2.05) is 38.1 Å². The van der Waals surface area contributed by atoms with E-state index < -0.39 is 23.9 Å². The van der Waals surface area contributed by atoms with Crippen molar-refractivity contribution in [2.75, 3.05) is 5.32 Å². The molecule has 0 radical (unpaired) electrons. The molecular weight excluding hydrogens is 404 g/mol. The summed E-state index contributed by atoms with van der Waals surface area (Å²) in [6.45, 7) is 4.48. The highest BCUT2D eigenvalue weighted by Gasteiger charge is 2.18. The minimum atomic E-state index is -0.836. The van der Waals surface area contributed by atoms with Gasteiger partial charge in [0.2, 0.25) is 0 Å². The summed E-state index contributed by atoms with van der Waals surface area (Å²) in [5.74, 6) is -1.15. The van der Waals surface area contributed by atoms with Gasteiger partial charge in [-0.05, 0) is 42.4 Å². The molecule has 0 aliphatic rings. The second-order valence-corrected chi connectivity index (χ2v) is 8.66. The van der Waals surface area contributed by atoms with E-state index in [1.165, 1.54) is 11.3 Å². The SMILES string of the molecule is CC(C)C[C@H](NCc1ccc(CCc2cc(C(N)=O)c(NC(N)=O)s2)cc1)C(=O)O. The predicted octanol–water partition coefficient (Wildman–Crippen LogP) is 2.71. The van der Waals surface area contributed by atoms with Crippen LogP contribution in [-0.4, -0.2) is 29.1 Å². The zero-order chi connectivity index (χ0) is 22.3. The number of hydrogen-bond donors (Lipinski definition) is 5. The van der Waals surface area contributed by atoms with E-state index in [9.17, 15) is 19.5 Å². The Hall–Kier alpha value is -2.91. The minimum absolute atomic E-state index is 0.254. The number of aryl methyl sites for hydroxylation is 2. The van der Waals surface area contributed by atoms with Crippen molar-refractivity contribution in [3.05, 3.63) is 51.9 Å². The Morgan fingerprint density at radius 1 is 1.07 bits per heavy atom. The summed E-state index contributed by atoms with van der Waals surface area (Å²) >= 11 is 1.28. The van der Waals surface area contributed by atoms with Crippen LogP contribution in [0.15, 0.2) is 30.3 Å². The van der Waals surface area contributed by atoms with E-state index in [4.69, 9.17) is 11.5 Å². The zero-order valence-electron chi connectivity index (χ0n) is 17.1. The van der Waals surface area contributed by atoms with E-state index in [0.717, 1.165) is 22.4 Å². The quantitative estimate of drug-likeness (QED) is 0.370. The van der Waals surface area contributed by atoms with E-state index in [2.05, 4.69) is 10.6 Å². The number of nitrogens with two attached hydrogens (primary N) is 2. The number of amides is 3. The third-order valence-electron chi connectivity index (χ3n) is 4.53. The summed E-state index contributed by atoms with van der Waals surface area (Å²) in [7, 11) is 0. The molecule has 9 heteroatoms. The van der Waals surface area contributed by atoms with E-state index in [0.29, 0.717) is 30.3 Å². The summed E-state index contributed by atoms with van der Waals surface area (Å²) in [6.07, 6.45) is 2.00. The van der Waals surface area contributed by atoms with Gasteiger partial charge in [0.1, 0.15) is 11.0 Å². The summed E-state index contributed by atoms with van der Waals surface area (Å²) in [6, 6.07) is 8.32. The van der Waals surface area contributed by atoms with Crippen molar-refractivity contribution in [2.45, 2.75) is 45.7 Å². The van der Waals surface area contributed by atoms with Gasteiger partial charge in [-0.25, -0.2) is 4.79 Å². The van der Waals surface area contributed by atoms with Gasteiger partial charge in [0.05, 0.1) is 5.56 Å². The molecule has 0 spiro atoms. The molecule has 3 amide bonds. The van der Waals surface area contributed by atoms with Crippen LogP contribution in [0.2, 0.25) is 0 Å². The normalized spacial score (nSPS) is 12.0. The number of urea groups is 1. The number of rotatable bonds is 11. The molecule has 1 aromatic carbocycles. The summed E-state index contributed by atoms with van der Waals surface area (Å²) in [4.78, 5) is 34.9. The number of nitrogens with one attached hydrogen (secondary N) is 2. The van der Waals surface area contributed by atoms with Crippen molar-refractivity contribution < 1.29 is 19.5 Å². The third kappa shape index (κ3) is 7.16. The van der Waals surface area contributed by atoms with Gasteiger partial charge < -0.3 is 21.9 Å². The molecule has 0 unspecified atom stereocenters. The Morgan fingerprint density at radius 3 is 2.23 bits per heavy atom. The maximum Gasteiger partial charge on any atom is 0.320 e. The molecule has 1 atom stereocenters. The number of primary amides is 2. The highest BCUT2D eigenvalue weighted by atomic mass is 32.1. The van der Waals surface area contributed by atoms with E-state index in [1.54, 1.807) is 6.07 Å². The summed E-state index contributed by atoms with van der Waals surface area (Å²) in [5.41, 5.74) is 12.9. The van der Waals surface area contributed by atoms with Crippen molar-refractivity contribution in [1.82, 2.24) is 5.32 Å². The minimum Gasteiger partial charge on any atom is -0.480 e. The molecule has 0 bridgehead atoms. The monoisotopic (exact) mass is 432 g/mol. The highest BCUT2D eigenvalue weighted by Crippen LogP contribution is 2.29. The van der Waals surface area contributed by atoms with Gasteiger partial charge in [0.15, 0.2) is 0 Å². The number of thiophene rings is 1. The van der Waals surface area contributed by atoms with Crippen LogP contribution in [0.25, 0.3) is 0 Å². The number of hydrogen-bond acceptors (Lipinski definition) is 5. The number of anilines is 1. The van der Waals surface area contributed by atoms with Gasteiger partial charge in [-0.2, -0.15) is 0 Å². The molecule has 8 nitrogen and oxygen atoms in total. The van der Waals surface area contributed by atoms with Crippen LogP contribution in [0.4, 0.5) is 9.80 Å². The molecule has 0 aliphatic heterocycles.